The van der Waals surface area contributed by atoms with Gasteiger partial charge in [-0.15, -0.1) is 0 Å². The fourth-order valence-electron chi connectivity index (χ4n) is 3.68. The first-order valence-corrected chi connectivity index (χ1v) is 9.90. The van der Waals surface area contributed by atoms with Crippen molar-refractivity contribution in [1.82, 2.24) is 24.9 Å². The van der Waals surface area contributed by atoms with E-state index in [0.29, 0.717) is 47.4 Å². The lowest BCUT2D eigenvalue weighted by Gasteiger charge is -2.26. The van der Waals surface area contributed by atoms with E-state index < -0.39 is 11.9 Å². The lowest BCUT2D eigenvalue weighted by Crippen LogP contribution is -2.35. The first-order valence-electron chi connectivity index (χ1n) is 9.90. The van der Waals surface area contributed by atoms with Crippen LogP contribution in [0.3, 0.4) is 0 Å². The molecule has 31 heavy (non-hydrogen) atoms. The molecular formula is C20H21FN6O4. The Morgan fingerprint density at radius 1 is 1.35 bits per heavy atom. The highest BCUT2D eigenvalue weighted by molar-refractivity contribution is 5.99. The van der Waals surface area contributed by atoms with Crippen LogP contribution in [-0.2, 0) is 11.3 Å². The molecule has 0 unspecified atom stereocenters. The normalized spacial score (nSPS) is 21.1. The highest BCUT2D eigenvalue weighted by Gasteiger charge is 2.28. The van der Waals surface area contributed by atoms with Crippen LogP contribution in [0.2, 0.25) is 0 Å². The van der Waals surface area contributed by atoms with Gasteiger partial charge in [0.1, 0.15) is 30.2 Å². The number of halogens is 1. The minimum atomic E-state index is -0.469. The summed E-state index contributed by atoms with van der Waals surface area (Å²) < 4.78 is 33.0. The Balaban J connectivity index is 1.69. The van der Waals surface area contributed by atoms with E-state index in [-0.39, 0.29) is 25.1 Å². The third-order valence-electron chi connectivity index (χ3n) is 5.28. The van der Waals surface area contributed by atoms with Crippen LogP contribution in [0.15, 0.2) is 24.7 Å². The summed E-state index contributed by atoms with van der Waals surface area (Å²) in [7, 11) is 1.60. The van der Waals surface area contributed by atoms with Gasteiger partial charge in [-0.3, -0.25) is 4.79 Å². The Hall–Kier alpha value is -3.47. The van der Waals surface area contributed by atoms with Crippen LogP contribution in [-0.4, -0.2) is 64.5 Å². The second-order valence-electron chi connectivity index (χ2n) is 7.56. The second-order valence-corrected chi connectivity index (χ2v) is 7.56. The maximum atomic E-state index is 14.1. The number of ether oxygens (including phenoxy) is 3. The number of pyridine rings is 1. The third-order valence-corrected chi connectivity index (χ3v) is 5.28. The van der Waals surface area contributed by atoms with E-state index in [0.717, 1.165) is 6.20 Å². The average molecular weight is 428 g/mol. The zero-order valence-corrected chi connectivity index (χ0v) is 17.0. The first kappa shape index (κ1) is 19.5. The Kier molecular flexibility index (Phi) is 4.81. The molecule has 2 bridgehead atoms. The molecule has 1 N–H and O–H groups in total. The van der Waals surface area contributed by atoms with Gasteiger partial charge in [0.25, 0.3) is 5.91 Å². The quantitative estimate of drug-likeness (QED) is 0.617. The van der Waals surface area contributed by atoms with Gasteiger partial charge >= 0.3 is 0 Å². The summed E-state index contributed by atoms with van der Waals surface area (Å²) in [6.07, 6.45) is 3.63. The molecule has 11 heteroatoms. The number of nitrogens with one attached hydrogen (secondary N) is 1. The number of rotatable bonds is 1. The molecule has 0 saturated heterocycles. The van der Waals surface area contributed by atoms with Crippen LogP contribution >= 0.6 is 0 Å². The molecule has 0 fully saturated rings. The van der Waals surface area contributed by atoms with Gasteiger partial charge in [0.15, 0.2) is 17.2 Å². The average Bonchev–Trinajstić information content (AvgIpc) is 3.09. The summed E-state index contributed by atoms with van der Waals surface area (Å²) in [6, 6.07) is 1.39. The SMILES string of the molecule is CO[C@@H]1COc2cn3ncc4c3nc2N(Cc2cc(F)cnc2O[C@@H](C)CNC4=O)C1. The molecule has 2 aliphatic rings. The fourth-order valence-corrected chi connectivity index (χ4v) is 3.68. The number of aromatic nitrogens is 4. The summed E-state index contributed by atoms with van der Waals surface area (Å²) in [5.41, 5.74) is 1.28. The van der Waals surface area contributed by atoms with Crippen molar-refractivity contribution in [3.05, 3.63) is 41.6 Å². The predicted octanol–water partition coefficient (Wildman–Crippen LogP) is 1.19. The summed E-state index contributed by atoms with van der Waals surface area (Å²) in [5, 5.41) is 7.08. The molecule has 3 aromatic rings. The molecule has 3 aromatic heterocycles. The fraction of sp³-hybridized carbons (Fsp3) is 0.400. The van der Waals surface area contributed by atoms with E-state index in [2.05, 4.69) is 15.4 Å². The van der Waals surface area contributed by atoms with E-state index >= 15 is 0 Å². The van der Waals surface area contributed by atoms with Crippen molar-refractivity contribution < 1.29 is 23.4 Å². The Bertz CT molecular complexity index is 1150. The van der Waals surface area contributed by atoms with Gasteiger partial charge in [0, 0.05) is 19.2 Å². The predicted molar refractivity (Wildman–Crippen MR) is 107 cm³/mol. The number of fused-ring (bicyclic) bond motifs is 1. The summed E-state index contributed by atoms with van der Waals surface area (Å²) >= 11 is 0. The molecule has 162 valence electrons. The number of carbonyl (C=O) groups excluding carboxylic acids is 1. The lowest BCUT2D eigenvalue weighted by atomic mass is 10.2. The van der Waals surface area contributed by atoms with E-state index in [1.54, 1.807) is 20.2 Å². The summed E-state index contributed by atoms with van der Waals surface area (Å²) in [5.74, 6) is 0.498. The van der Waals surface area contributed by atoms with Gasteiger partial charge in [0.05, 0.1) is 31.7 Å². The number of methoxy groups -OCH3 is 1. The molecule has 1 amide bonds. The Morgan fingerprint density at radius 3 is 3.06 bits per heavy atom. The second kappa shape index (κ2) is 7.65. The first-order chi connectivity index (χ1) is 15.0. The van der Waals surface area contributed by atoms with Crippen molar-refractivity contribution in [2.75, 3.05) is 31.7 Å². The maximum Gasteiger partial charge on any atom is 0.256 e. The van der Waals surface area contributed by atoms with Gasteiger partial charge in [-0.25, -0.2) is 18.9 Å². The van der Waals surface area contributed by atoms with Crippen molar-refractivity contribution in [1.29, 1.82) is 0 Å². The minimum Gasteiger partial charge on any atom is -0.485 e. The van der Waals surface area contributed by atoms with Crippen LogP contribution in [0, 0.1) is 5.82 Å². The molecule has 0 radical (unpaired) electrons. The van der Waals surface area contributed by atoms with Gasteiger partial charge in [-0.1, -0.05) is 0 Å². The molecular weight excluding hydrogens is 407 g/mol. The van der Waals surface area contributed by atoms with Gasteiger partial charge in [-0.2, -0.15) is 5.10 Å². The Morgan fingerprint density at radius 2 is 2.23 bits per heavy atom. The van der Waals surface area contributed by atoms with Crippen LogP contribution in [0.1, 0.15) is 22.8 Å². The number of hydrogen-bond acceptors (Lipinski definition) is 8. The molecule has 0 spiro atoms. The molecule has 2 atom stereocenters. The van der Waals surface area contributed by atoms with E-state index in [1.807, 2.05) is 4.90 Å². The number of carbonyl (C=O) groups is 1. The topological polar surface area (TPSA) is 103 Å². The molecule has 0 aliphatic carbocycles. The van der Waals surface area contributed by atoms with Crippen molar-refractivity contribution in [2.45, 2.75) is 25.7 Å². The highest BCUT2D eigenvalue weighted by atomic mass is 19.1. The van der Waals surface area contributed by atoms with E-state index in [4.69, 9.17) is 19.2 Å². The minimum absolute atomic E-state index is 0.234. The molecule has 10 nitrogen and oxygen atoms in total. The zero-order chi connectivity index (χ0) is 21.5. The van der Waals surface area contributed by atoms with Crippen LogP contribution in [0.25, 0.3) is 5.65 Å². The van der Waals surface area contributed by atoms with Gasteiger partial charge in [-0.05, 0) is 13.0 Å². The summed E-state index contributed by atoms with van der Waals surface area (Å²) in [6.45, 7) is 3.05. The van der Waals surface area contributed by atoms with Crippen molar-refractivity contribution in [3.63, 3.8) is 0 Å². The molecule has 5 heterocycles. The Labute approximate surface area is 176 Å². The number of amides is 1. The third kappa shape index (κ3) is 3.61. The molecule has 5 rings (SSSR count). The van der Waals surface area contributed by atoms with Crippen LogP contribution in [0.5, 0.6) is 11.6 Å². The molecule has 0 saturated carbocycles. The smallest absolute Gasteiger partial charge is 0.256 e. The number of nitrogens with zero attached hydrogens (tertiary/aromatic N) is 5. The maximum absolute atomic E-state index is 14.1. The van der Waals surface area contributed by atoms with Gasteiger partial charge < -0.3 is 24.4 Å². The summed E-state index contributed by atoms with van der Waals surface area (Å²) in [4.78, 5) is 23.5. The molecule has 2 aliphatic heterocycles. The zero-order valence-electron chi connectivity index (χ0n) is 17.0. The van der Waals surface area contributed by atoms with Crippen molar-refractivity contribution in [3.8, 4) is 11.6 Å². The van der Waals surface area contributed by atoms with E-state index in [1.165, 1.54) is 16.8 Å². The van der Waals surface area contributed by atoms with Crippen LogP contribution < -0.4 is 19.7 Å². The highest BCUT2D eigenvalue weighted by Crippen LogP contribution is 2.33. The van der Waals surface area contributed by atoms with Crippen LogP contribution in [0.4, 0.5) is 10.2 Å². The monoisotopic (exact) mass is 428 g/mol. The standard InChI is InChI=1S/C20H21FN6O4/c1-11-4-22-19(28)15-6-24-27-9-16-18(25-17(15)27)26(8-14(29-2)10-30-16)7-12-3-13(21)5-23-20(12)31-11/h3,5-6,9,11,14H,4,7-8,10H2,1-2H3,(H,22,28)/t11-,14-/m0/s1. The molecule has 0 aromatic carbocycles. The number of hydrogen-bond donors (Lipinski definition) is 1. The van der Waals surface area contributed by atoms with Crippen molar-refractivity contribution >= 4 is 17.4 Å². The largest absolute Gasteiger partial charge is 0.485 e. The van der Waals surface area contributed by atoms with E-state index in [9.17, 15) is 9.18 Å². The number of anilines is 1. The van der Waals surface area contributed by atoms with Crippen molar-refractivity contribution in [2.24, 2.45) is 0 Å². The van der Waals surface area contributed by atoms with Gasteiger partial charge in [0.2, 0.25) is 5.88 Å². The lowest BCUT2D eigenvalue weighted by molar-refractivity contribution is 0.0672.